The zero-order chi connectivity index (χ0) is 13.1. The molecule has 1 aromatic heterocycles. The Morgan fingerprint density at radius 3 is 2.65 bits per heavy atom. The van der Waals surface area contributed by atoms with E-state index in [2.05, 4.69) is 36.5 Å². The lowest BCUT2D eigenvalue weighted by molar-refractivity contribution is -0.120. The smallest absolute Gasteiger partial charge is 0.239 e. The van der Waals surface area contributed by atoms with Gasteiger partial charge in [-0.1, -0.05) is 0 Å². The van der Waals surface area contributed by atoms with Crippen molar-refractivity contribution in [2.45, 2.75) is 26.3 Å². The van der Waals surface area contributed by atoms with Crippen molar-refractivity contribution in [3.63, 3.8) is 0 Å². The number of carbonyl (C=O) groups is 1. The Labute approximate surface area is 109 Å². The van der Waals surface area contributed by atoms with E-state index in [4.69, 9.17) is 5.73 Å². The number of carbonyl (C=O) groups excluding carboxylic acids is 1. The fourth-order valence-corrected chi connectivity index (χ4v) is 1.54. The molecule has 1 rings (SSSR count). The molecule has 0 saturated carbocycles. The standard InChI is InChI=1S/C10H16BrN5O/c1-10(2,3)16-8(17)5-13-9-14-6(11)4-7(12)15-9/h4H,5H2,1-3H3,(H,16,17)(H3,12,13,14,15). The number of halogens is 1. The Kier molecular flexibility index (Phi) is 4.28. The van der Waals surface area contributed by atoms with Crippen LogP contribution < -0.4 is 16.4 Å². The third kappa shape index (κ3) is 5.48. The first-order valence-corrected chi connectivity index (χ1v) is 5.90. The van der Waals surface area contributed by atoms with E-state index in [9.17, 15) is 4.79 Å². The fraction of sp³-hybridized carbons (Fsp3) is 0.500. The van der Waals surface area contributed by atoms with Crippen LogP contribution in [-0.4, -0.2) is 28.0 Å². The van der Waals surface area contributed by atoms with Crippen molar-refractivity contribution >= 4 is 33.6 Å². The van der Waals surface area contributed by atoms with Crippen LogP contribution in [0.15, 0.2) is 10.7 Å². The lowest BCUT2D eigenvalue weighted by Crippen LogP contribution is -2.43. The molecule has 6 nitrogen and oxygen atoms in total. The first-order valence-electron chi connectivity index (χ1n) is 5.11. The molecule has 0 aliphatic rings. The topological polar surface area (TPSA) is 92.9 Å². The second kappa shape index (κ2) is 5.31. The van der Waals surface area contributed by atoms with Crippen molar-refractivity contribution in [2.24, 2.45) is 0 Å². The molecule has 1 aromatic rings. The maximum Gasteiger partial charge on any atom is 0.239 e. The van der Waals surface area contributed by atoms with E-state index in [0.29, 0.717) is 16.4 Å². The molecule has 0 aliphatic heterocycles. The second-order valence-electron chi connectivity index (χ2n) is 4.59. The summed E-state index contributed by atoms with van der Waals surface area (Å²) in [4.78, 5) is 19.5. The zero-order valence-corrected chi connectivity index (χ0v) is 11.6. The maximum atomic E-state index is 11.5. The average molecular weight is 302 g/mol. The summed E-state index contributed by atoms with van der Waals surface area (Å²) in [5.41, 5.74) is 5.29. The van der Waals surface area contributed by atoms with Crippen LogP contribution in [0.4, 0.5) is 11.8 Å². The lowest BCUT2D eigenvalue weighted by atomic mass is 10.1. The molecule has 0 aliphatic carbocycles. The molecular weight excluding hydrogens is 286 g/mol. The minimum absolute atomic E-state index is 0.104. The number of hydrogen-bond acceptors (Lipinski definition) is 5. The van der Waals surface area contributed by atoms with Crippen LogP contribution in [0, 0.1) is 0 Å². The van der Waals surface area contributed by atoms with Crippen LogP contribution in [-0.2, 0) is 4.79 Å². The molecule has 0 atom stereocenters. The van der Waals surface area contributed by atoms with Crippen LogP contribution in [0.1, 0.15) is 20.8 Å². The molecule has 0 radical (unpaired) electrons. The molecule has 0 unspecified atom stereocenters. The van der Waals surface area contributed by atoms with Crippen LogP contribution in [0.2, 0.25) is 0 Å². The van der Waals surface area contributed by atoms with Gasteiger partial charge >= 0.3 is 0 Å². The maximum absolute atomic E-state index is 11.5. The second-order valence-corrected chi connectivity index (χ2v) is 5.40. The minimum Gasteiger partial charge on any atom is -0.383 e. The van der Waals surface area contributed by atoms with E-state index in [1.807, 2.05) is 20.8 Å². The summed E-state index contributed by atoms with van der Waals surface area (Å²) in [6.45, 7) is 5.85. The SMILES string of the molecule is CC(C)(C)NC(=O)CNc1nc(N)cc(Br)n1. The highest BCUT2D eigenvalue weighted by Crippen LogP contribution is 2.11. The first-order chi connectivity index (χ1) is 7.76. The Morgan fingerprint density at radius 2 is 2.12 bits per heavy atom. The van der Waals surface area contributed by atoms with Crippen molar-refractivity contribution in [3.8, 4) is 0 Å². The number of amides is 1. The van der Waals surface area contributed by atoms with Crippen LogP contribution in [0.25, 0.3) is 0 Å². The average Bonchev–Trinajstić information content (AvgIpc) is 2.10. The highest BCUT2D eigenvalue weighted by atomic mass is 79.9. The van der Waals surface area contributed by atoms with Crippen LogP contribution >= 0.6 is 15.9 Å². The third-order valence-corrected chi connectivity index (χ3v) is 2.04. The van der Waals surface area contributed by atoms with Crippen LogP contribution in [0.3, 0.4) is 0 Å². The summed E-state index contributed by atoms with van der Waals surface area (Å²) in [5, 5.41) is 5.62. The molecule has 0 saturated heterocycles. The van der Waals surface area contributed by atoms with E-state index < -0.39 is 0 Å². The number of hydrogen-bond donors (Lipinski definition) is 3. The van der Waals surface area contributed by atoms with Crippen molar-refractivity contribution in [1.82, 2.24) is 15.3 Å². The van der Waals surface area contributed by atoms with Crippen molar-refractivity contribution in [1.29, 1.82) is 0 Å². The van der Waals surface area contributed by atoms with Gasteiger partial charge < -0.3 is 16.4 Å². The van der Waals surface area contributed by atoms with Crippen LogP contribution in [0.5, 0.6) is 0 Å². The molecule has 4 N–H and O–H groups in total. The summed E-state index contributed by atoms with van der Waals surface area (Å²) in [7, 11) is 0. The number of nitrogens with two attached hydrogens (primary N) is 1. The molecule has 1 amide bonds. The van der Waals surface area contributed by atoms with E-state index in [1.165, 1.54) is 0 Å². The van der Waals surface area contributed by atoms with Crippen molar-refractivity contribution < 1.29 is 4.79 Å². The van der Waals surface area contributed by atoms with Crippen molar-refractivity contribution in [3.05, 3.63) is 10.7 Å². The van der Waals surface area contributed by atoms with Gasteiger partial charge in [-0.15, -0.1) is 0 Å². The Hall–Kier alpha value is -1.37. The van der Waals surface area contributed by atoms with Gasteiger partial charge in [-0.25, -0.2) is 4.98 Å². The third-order valence-electron chi connectivity index (χ3n) is 1.64. The number of nitrogens with one attached hydrogen (secondary N) is 2. The Morgan fingerprint density at radius 1 is 1.47 bits per heavy atom. The predicted molar refractivity (Wildman–Crippen MR) is 70.5 cm³/mol. The quantitative estimate of drug-likeness (QED) is 0.728. The Bertz CT molecular complexity index is 395. The summed E-state index contributed by atoms with van der Waals surface area (Å²) in [5.74, 6) is 0.534. The van der Waals surface area contributed by atoms with E-state index in [-0.39, 0.29) is 18.0 Å². The van der Waals surface area contributed by atoms with E-state index in [0.717, 1.165) is 0 Å². The zero-order valence-electron chi connectivity index (χ0n) is 10.0. The molecule has 0 bridgehead atoms. The van der Waals surface area contributed by atoms with Crippen molar-refractivity contribution in [2.75, 3.05) is 17.6 Å². The number of nitrogen functional groups attached to an aromatic ring is 1. The van der Waals surface area contributed by atoms with Gasteiger partial charge in [0, 0.05) is 11.6 Å². The molecular formula is C10H16BrN5O. The molecule has 94 valence electrons. The van der Waals surface area contributed by atoms with E-state index >= 15 is 0 Å². The fourth-order valence-electron chi connectivity index (χ4n) is 1.14. The number of aromatic nitrogens is 2. The molecule has 0 aromatic carbocycles. The highest BCUT2D eigenvalue weighted by Gasteiger charge is 2.13. The Balaban J connectivity index is 2.53. The summed E-state index contributed by atoms with van der Waals surface area (Å²) < 4.78 is 0.573. The van der Waals surface area contributed by atoms with E-state index in [1.54, 1.807) is 6.07 Å². The molecule has 1 heterocycles. The largest absolute Gasteiger partial charge is 0.383 e. The minimum atomic E-state index is -0.254. The van der Waals surface area contributed by atoms with Gasteiger partial charge in [-0.05, 0) is 36.7 Å². The summed E-state index contributed by atoms with van der Waals surface area (Å²) in [6.07, 6.45) is 0. The van der Waals surface area contributed by atoms with Gasteiger partial charge in [0.1, 0.15) is 10.4 Å². The monoisotopic (exact) mass is 301 g/mol. The predicted octanol–water partition coefficient (Wildman–Crippen LogP) is 1.15. The first kappa shape index (κ1) is 13.7. The number of anilines is 2. The van der Waals surface area contributed by atoms with Gasteiger partial charge in [-0.3, -0.25) is 4.79 Å². The summed E-state index contributed by atoms with van der Waals surface area (Å²) >= 11 is 3.20. The van der Waals surface area contributed by atoms with Gasteiger partial charge in [-0.2, -0.15) is 4.98 Å². The highest BCUT2D eigenvalue weighted by molar-refractivity contribution is 9.10. The lowest BCUT2D eigenvalue weighted by Gasteiger charge is -2.20. The van der Waals surface area contributed by atoms with Gasteiger partial charge in [0.2, 0.25) is 11.9 Å². The summed E-state index contributed by atoms with van der Waals surface area (Å²) in [6, 6.07) is 1.58. The molecule has 0 fully saturated rings. The molecule has 7 heteroatoms. The van der Waals surface area contributed by atoms with Gasteiger partial charge in [0.15, 0.2) is 0 Å². The molecule has 17 heavy (non-hydrogen) atoms. The number of rotatable bonds is 3. The normalized spacial score (nSPS) is 11.1. The number of nitrogens with zero attached hydrogens (tertiary/aromatic N) is 2. The van der Waals surface area contributed by atoms with Gasteiger partial charge in [0.25, 0.3) is 0 Å². The van der Waals surface area contributed by atoms with Gasteiger partial charge in [0.05, 0.1) is 6.54 Å². The molecule has 0 spiro atoms.